The van der Waals surface area contributed by atoms with Crippen LogP contribution in [0, 0.1) is 19.7 Å². The van der Waals surface area contributed by atoms with Crippen LogP contribution in [0.4, 0.5) is 4.39 Å². The molecule has 3 aromatic rings. The fourth-order valence-corrected chi connectivity index (χ4v) is 4.91. The van der Waals surface area contributed by atoms with Gasteiger partial charge in [0.05, 0.1) is 21.0 Å². The molecule has 120 valence electrons. The lowest BCUT2D eigenvalue weighted by Gasteiger charge is -2.08. The second kappa shape index (κ2) is 5.42. The molecule has 1 aromatic carbocycles. The fraction of sp³-hybridized carbons (Fsp3) is 0.188. The standard InChI is InChI=1S/C16H14BrFN2O2S/c1-9-6-11(18)7-12-16(9)14(8-20(12)3)23(21,22)13-4-5-15(17)19-10(13)2/h4-8H,1-3H3. The molecule has 0 bridgehead atoms. The van der Waals surface area contributed by atoms with Crippen molar-refractivity contribution in [2.45, 2.75) is 23.6 Å². The van der Waals surface area contributed by atoms with Crippen LogP contribution in [-0.2, 0) is 16.9 Å². The molecule has 3 rings (SSSR count). The average molecular weight is 397 g/mol. The fourth-order valence-electron chi connectivity index (χ4n) is 2.76. The number of fused-ring (bicyclic) bond motifs is 1. The largest absolute Gasteiger partial charge is 0.349 e. The highest BCUT2D eigenvalue weighted by Crippen LogP contribution is 2.33. The molecule has 2 heterocycles. The summed E-state index contributed by atoms with van der Waals surface area (Å²) >= 11 is 3.23. The summed E-state index contributed by atoms with van der Waals surface area (Å²) in [6, 6.07) is 5.80. The first-order valence-electron chi connectivity index (χ1n) is 6.85. The molecule has 23 heavy (non-hydrogen) atoms. The summed E-state index contributed by atoms with van der Waals surface area (Å²) in [6.45, 7) is 3.35. The van der Waals surface area contributed by atoms with Gasteiger partial charge in [0.15, 0.2) is 0 Å². The minimum atomic E-state index is -3.75. The highest BCUT2D eigenvalue weighted by Gasteiger charge is 2.26. The molecule has 0 radical (unpaired) electrons. The number of rotatable bonds is 2. The molecule has 0 aliphatic heterocycles. The minimum absolute atomic E-state index is 0.150. The van der Waals surface area contributed by atoms with E-state index in [-0.39, 0.29) is 15.6 Å². The number of benzene rings is 1. The number of aromatic nitrogens is 2. The van der Waals surface area contributed by atoms with Crippen molar-refractivity contribution in [3.05, 3.63) is 52.1 Å². The van der Waals surface area contributed by atoms with Gasteiger partial charge in [-0.05, 0) is 59.6 Å². The van der Waals surface area contributed by atoms with Crippen molar-refractivity contribution in [3.63, 3.8) is 0 Å². The SMILES string of the molecule is Cc1nc(Br)ccc1S(=O)(=O)c1cn(C)c2cc(F)cc(C)c12. The van der Waals surface area contributed by atoms with Gasteiger partial charge in [0, 0.05) is 18.6 Å². The zero-order valence-electron chi connectivity index (χ0n) is 12.8. The van der Waals surface area contributed by atoms with Crippen LogP contribution in [0.25, 0.3) is 10.9 Å². The Hall–Kier alpha value is -1.73. The van der Waals surface area contributed by atoms with Gasteiger partial charge in [0.2, 0.25) is 9.84 Å². The number of hydrogen-bond acceptors (Lipinski definition) is 3. The first kappa shape index (κ1) is 16.1. The summed E-state index contributed by atoms with van der Waals surface area (Å²) in [5, 5.41) is 0.538. The lowest BCUT2D eigenvalue weighted by molar-refractivity contribution is 0.595. The third-order valence-corrected chi connectivity index (χ3v) is 6.14. The van der Waals surface area contributed by atoms with Crippen molar-refractivity contribution in [2.24, 2.45) is 7.05 Å². The van der Waals surface area contributed by atoms with E-state index in [2.05, 4.69) is 20.9 Å². The second-order valence-corrected chi connectivity index (χ2v) is 8.14. The molecule has 0 fully saturated rings. The van der Waals surface area contributed by atoms with Gasteiger partial charge in [0.25, 0.3) is 0 Å². The van der Waals surface area contributed by atoms with Crippen molar-refractivity contribution >= 4 is 36.7 Å². The Morgan fingerprint density at radius 1 is 1.17 bits per heavy atom. The molecular formula is C16H14BrFN2O2S. The number of sulfone groups is 1. The number of hydrogen-bond donors (Lipinski definition) is 0. The van der Waals surface area contributed by atoms with Gasteiger partial charge >= 0.3 is 0 Å². The van der Waals surface area contributed by atoms with E-state index in [1.807, 2.05) is 0 Å². The molecule has 0 aliphatic carbocycles. The molecular weight excluding hydrogens is 383 g/mol. The van der Waals surface area contributed by atoms with Crippen LogP contribution < -0.4 is 0 Å². The van der Waals surface area contributed by atoms with Crippen LogP contribution >= 0.6 is 15.9 Å². The Morgan fingerprint density at radius 3 is 2.52 bits per heavy atom. The topological polar surface area (TPSA) is 52.0 Å². The molecule has 7 heteroatoms. The van der Waals surface area contributed by atoms with Gasteiger partial charge in [-0.1, -0.05) is 0 Å². The average Bonchev–Trinajstić information content (AvgIpc) is 2.76. The van der Waals surface area contributed by atoms with Gasteiger partial charge in [-0.15, -0.1) is 0 Å². The van der Waals surface area contributed by atoms with E-state index in [0.29, 0.717) is 26.8 Å². The molecule has 0 unspecified atom stereocenters. The lowest BCUT2D eigenvalue weighted by Crippen LogP contribution is -2.05. The van der Waals surface area contributed by atoms with E-state index >= 15 is 0 Å². The first-order valence-corrected chi connectivity index (χ1v) is 9.13. The van der Waals surface area contributed by atoms with Gasteiger partial charge in [-0.3, -0.25) is 0 Å². The predicted molar refractivity (Wildman–Crippen MR) is 89.7 cm³/mol. The minimum Gasteiger partial charge on any atom is -0.349 e. The van der Waals surface area contributed by atoms with Crippen LogP contribution in [-0.4, -0.2) is 18.0 Å². The maximum absolute atomic E-state index is 13.6. The molecule has 0 atom stereocenters. The van der Waals surface area contributed by atoms with Crippen molar-refractivity contribution in [1.29, 1.82) is 0 Å². The molecule has 0 N–H and O–H groups in total. The van der Waals surface area contributed by atoms with E-state index in [4.69, 9.17) is 0 Å². The van der Waals surface area contributed by atoms with E-state index in [9.17, 15) is 12.8 Å². The van der Waals surface area contributed by atoms with Crippen LogP contribution in [0.2, 0.25) is 0 Å². The predicted octanol–water partition coefficient (Wildman–Crippen LogP) is 3.92. The first-order chi connectivity index (χ1) is 10.7. The zero-order valence-corrected chi connectivity index (χ0v) is 15.2. The monoisotopic (exact) mass is 396 g/mol. The molecule has 2 aromatic heterocycles. The summed E-state index contributed by atoms with van der Waals surface area (Å²) in [5.74, 6) is -0.387. The number of aryl methyl sites for hydroxylation is 3. The molecule has 0 saturated carbocycles. The van der Waals surface area contributed by atoms with Crippen molar-refractivity contribution in [1.82, 2.24) is 9.55 Å². The van der Waals surface area contributed by atoms with Crippen LogP contribution in [0.5, 0.6) is 0 Å². The Balaban J connectivity index is 2.36. The molecule has 0 spiro atoms. The summed E-state index contributed by atoms with van der Waals surface area (Å²) in [7, 11) is -2.05. The molecule has 0 amide bonds. The highest BCUT2D eigenvalue weighted by atomic mass is 79.9. The van der Waals surface area contributed by atoms with Crippen molar-refractivity contribution < 1.29 is 12.8 Å². The maximum Gasteiger partial charge on any atom is 0.210 e. The van der Waals surface area contributed by atoms with Crippen LogP contribution in [0.15, 0.2) is 44.9 Å². The van der Waals surface area contributed by atoms with Crippen molar-refractivity contribution in [2.75, 3.05) is 0 Å². The maximum atomic E-state index is 13.6. The lowest BCUT2D eigenvalue weighted by atomic mass is 10.1. The van der Waals surface area contributed by atoms with Gasteiger partial charge in [-0.2, -0.15) is 0 Å². The Morgan fingerprint density at radius 2 is 1.87 bits per heavy atom. The normalized spacial score (nSPS) is 12.0. The van der Waals surface area contributed by atoms with Crippen LogP contribution in [0.3, 0.4) is 0 Å². The highest BCUT2D eigenvalue weighted by molar-refractivity contribution is 9.10. The smallest absolute Gasteiger partial charge is 0.210 e. The van der Waals surface area contributed by atoms with Crippen molar-refractivity contribution in [3.8, 4) is 0 Å². The third-order valence-electron chi connectivity index (χ3n) is 3.80. The molecule has 0 saturated heterocycles. The van der Waals surface area contributed by atoms with E-state index in [1.54, 1.807) is 31.5 Å². The number of pyridine rings is 1. The van der Waals surface area contributed by atoms with E-state index < -0.39 is 9.84 Å². The third kappa shape index (κ3) is 2.57. The molecule has 4 nitrogen and oxygen atoms in total. The summed E-state index contributed by atoms with van der Waals surface area (Å²) in [6.07, 6.45) is 1.52. The quantitative estimate of drug-likeness (QED) is 0.616. The number of halogens is 2. The molecule has 0 aliphatic rings. The van der Waals surface area contributed by atoms with E-state index in [1.165, 1.54) is 24.4 Å². The summed E-state index contributed by atoms with van der Waals surface area (Å²) < 4.78 is 42.0. The summed E-state index contributed by atoms with van der Waals surface area (Å²) in [5.41, 5.74) is 1.54. The number of nitrogens with zero attached hydrogens (tertiary/aromatic N) is 2. The van der Waals surface area contributed by atoms with Gasteiger partial charge in [0.1, 0.15) is 10.4 Å². The van der Waals surface area contributed by atoms with Gasteiger partial charge < -0.3 is 4.57 Å². The van der Waals surface area contributed by atoms with Crippen LogP contribution in [0.1, 0.15) is 11.3 Å². The Labute approximate surface area is 142 Å². The zero-order chi connectivity index (χ0) is 16.9. The Bertz CT molecular complexity index is 1040. The second-order valence-electron chi connectivity index (χ2n) is 5.44. The summed E-state index contributed by atoms with van der Waals surface area (Å²) in [4.78, 5) is 4.48. The Kier molecular flexibility index (Phi) is 3.80. The van der Waals surface area contributed by atoms with E-state index in [0.717, 1.165) is 0 Å². The van der Waals surface area contributed by atoms with Gasteiger partial charge in [-0.25, -0.2) is 17.8 Å².